The fourth-order valence-corrected chi connectivity index (χ4v) is 3.92. The molecule has 0 saturated heterocycles. The number of carbonyl (C=O) groups excluding carboxylic acids is 1. The molecule has 7 nitrogen and oxygen atoms in total. The number of aromatic nitrogens is 2. The van der Waals surface area contributed by atoms with E-state index < -0.39 is 36.9 Å². The zero-order valence-corrected chi connectivity index (χ0v) is 16.4. The van der Waals surface area contributed by atoms with Gasteiger partial charge in [-0.3, -0.25) is 14.7 Å². The lowest BCUT2D eigenvalue weighted by Gasteiger charge is -2.21. The van der Waals surface area contributed by atoms with Crippen LogP contribution in [0.3, 0.4) is 0 Å². The molecule has 0 radical (unpaired) electrons. The molecule has 0 aliphatic carbocycles. The molecule has 0 aliphatic rings. The first-order valence-electron chi connectivity index (χ1n) is 7.96. The number of anilines is 1. The van der Waals surface area contributed by atoms with Crippen molar-refractivity contribution in [3.8, 4) is 0 Å². The average molecular weight is 435 g/mol. The van der Waals surface area contributed by atoms with Gasteiger partial charge in [0.1, 0.15) is 5.82 Å². The van der Waals surface area contributed by atoms with Gasteiger partial charge in [0, 0.05) is 25.1 Å². The monoisotopic (exact) mass is 435 g/mol. The van der Waals surface area contributed by atoms with Gasteiger partial charge >= 0.3 is 5.51 Å². The number of rotatable bonds is 6. The molecule has 0 bridgehead atoms. The maximum Gasteiger partial charge on any atom is 0.475 e. The van der Waals surface area contributed by atoms with Gasteiger partial charge in [-0.05, 0) is 25.1 Å². The van der Waals surface area contributed by atoms with Crippen LogP contribution in [0, 0.1) is 0 Å². The lowest BCUT2D eigenvalue weighted by molar-refractivity contribution is -0.0384. The fourth-order valence-electron chi connectivity index (χ4n) is 2.29. The number of carbonyl (C=O) groups is 1. The largest absolute Gasteiger partial charge is 0.475 e. The maximum absolute atomic E-state index is 12.9. The fraction of sp³-hybridized carbons (Fsp3) is 0.312. The summed E-state index contributed by atoms with van der Waals surface area (Å²) in [6.45, 7) is 3.09. The Bertz CT molecular complexity index is 993. The minimum absolute atomic E-state index is 0.00733. The molecule has 2 rings (SSSR count). The highest BCUT2D eigenvalue weighted by Crippen LogP contribution is 2.27. The summed E-state index contributed by atoms with van der Waals surface area (Å²) in [5.41, 5.74) is -5.05. The van der Waals surface area contributed by atoms with E-state index >= 15 is 0 Å². The van der Waals surface area contributed by atoms with E-state index in [4.69, 9.17) is 0 Å². The summed E-state index contributed by atoms with van der Waals surface area (Å²) >= 11 is 0. The number of hydrogen-bond donors (Lipinski definition) is 0. The van der Waals surface area contributed by atoms with Crippen molar-refractivity contribution in [1.82, 2.24) is 9.97 Å². The third-order valence-corrected chi connectivity index (χ3v) is 6.56. The molecule has 0 aliphatic heterocycles. The number of sulfone groups is 1. The maximum atomic E-state index is 12.9. The highest BCUT2D eigenvalue weighted by molar-refractivity contribution is 7.91. The van der Waals surface area contributed by atoms with E-state index in [0.717, 1.165) is 29.4 Å². The van der Waals surface area contributed by atoms with E-state index in [0.29, 0.717) is 0 Å². The Hall–Kier alpha value is -2.34. The van der Waals surface area contributed by atoms with Crippen LogP contribution in [0.5, 0.6) is 0 Å². The lowest BCUT2D eigenvalue weighted by atomic mass is 10.2. The Kier molecular flexibility index (Phi) is 6.55. The Morgan fingerprint density at radius 2 is 1.86 bits per heavy atom. The Morgan fingerprint density at radius 3 is 2.36 bits per heavy atom. The first-order valence-corrected chi connectivity index (χ1v) is 10.8. The Morgan fingerprint density at radius 1 is 1.18 bits per heavy atom. The van der Waals surface area contributed by atoms with Gasteiger partial charge in [-0.1, -0.05) is 6.92 Å². The van der Waals surface area contributed by atoms with Crippen molar-refractivity contribution in [1.29, 1.82) is 0 Å². The van der Waals surface area contributed by atoms with E-state index in [1.807, 2.05) is 0 Å². The third kappa shape index (κ3) is 4.55. The van der Waals surface area contributed by atoms with Crippen LogP contribution in [0.15, 0.2) is 46.6 Å². The van der Waals surface area contributed by atoms with Crippen molar-refractivity contribution in [3.05, 3.63) is 42.4 Å². The van der Waals surface area contributed by atoms with Crippen molar-refractivity contribution in [2.45, 2.75) is 29.1 Å². The minimum Gasteiger partial charge on any atom is -0.293 e. The molecule has 2 aromatic heterocycles. The molecule has 0 fully saturated rings. The van der Waals surface area contributed by atoms with E-state index in [1.54, 1.807) is 6.92 Å². The second-order valence-electron chi connectivity index (χ2n) is 5.39. The van der Waals surface area contributed by atoms with E-state index in [1.165, 1.54) is 19.2 Å². The van der Waals surface area contributed by atoms with Gasteiger partial charge < -0.3 is 0 Å². The molecule has 1 atom stereocenters. The third-order valence-electron chi connectivity index (χ3n) is 3.71. The molecule has 0 N–H and O–H groups in total. The normalized spacial score (nSPS) is 13.2. The molecule has 0 saturated carbocycles. The van der Waals surface area contributed by atoms with Gasteiger partial charge in [0.25, 0.3) is 5.91 Å². The smallest absolute Gasteiger partial charge is 0.293 e. The highest BCUT2D eigenvalue weighted by Gasteiger charge is 2.38. The summed E-state index contributed by atoms with van der Waals surface area (Å²) in [6.07, 6.45) is 3.10. The summed E-state index contributed by atoms with van der Waals surface area (Å²) in [6, 6.07) is 3.33. The molecule has 2 aromatic rings. The quantitative estimate of drug-likeness (QED) is 0.692. The Balaban J connectivity index is 2.42. The first kappa shape index (κ1) is 22.0. The number of nitrogens with zero attached hydrogens (tertiary/aromatic N) is 3. The van der Waals surface area contributed by atoms with Crippen LogP contribution >= 0.6 is 0 Å². The van der Waals surface area contributed by atoms with E-state index in [9.17, 15) is 30.6 Å². The zero-order valence-electron chi connectivity index (χ0n) is 14.8. The van der Waals surface area contributed by atoms with Crippen LogP contribution in [0.4, 0.5) is 19.0 Å². The number of amides is 1. The number of pyridine rings is 2. The van der Waals surface area contributed by atoms with Crippen LogP contribution in [0.1, 0.15) is 24.2 Å². The summed E-state index contributed by atoms with van der Waals surface area (Å²) in [5.74, 6) is -0.942. The van der Waals surface area contributed by atoms with E-state index in [-0.39, 0.29) is 28.6 Å². The first-order chi connectivity index (χ1) is 13.0. The van der Waals surface area contributed by atoms with Crippen LogP contribution < -0.4 is 4.90 Å². The molecular formula is C16H16F3N3O4S2. The minimum atomic E-state index is -4.93. The van der Waals surface area contributed by atoms with Gasteiger partial charge in [0.15, 0.2) is 20.6 Å². The molecule has 152 valence electrons. The molecule has 1 unspecified atom stereocenters. The van der Waals surface area contributed by atoms with Gasteiger partial charge in [-0.2, -0.15) is 13.2 Å². The average Bonchev–Trinajstić information content (AvgIpc) is 2.67. The Labute approximate surface area is 162 Å². The summed E-state index contributed by atoms with van der Waals surface area (Å²) in [5, 5.41) is 0. The number of alkyl halides is 3. The molecule has 0 aromatic carbocycles. The summed E-state index contributed by atoms with van der Waals surface area (Å²) in [4.78, 5) is 20.7. The van der Waals surface area contributed by atoms with Crippen LogP contribution in [0.25, 0.3) is 0 Å². The second-order valence-corrected chi connectivity index (χ2v) is 9.11. The molecule has 28 heavy (non-hydrogen) atoms. The molecule has 2 heterocycles. The molecular weight excluding hydrogens is 419 g/mol. The van der Waals surface area contributed by atoms with Crippen LogP contribution in [0.2, 0.25) is 0 Å². The zero-order chi connectivity index (χ0) is 21.1. The lowest BCUT2D eigenvalue weighted by Crippen LogP contribution is -2.32. The van der Waals surface area contributed by atoms with Crippen molar-refractivity contribution < 1.29 is 30.6 Å². The van der Waals surface area contributed by atoms with Crippen LogP contribution in [-0.2, 0) is 20.6 Å². The molecule has 0 spiro atoms. The van der Waals surface area contributed by atoms with Crippen LogP contribution in [-0.4, -0.2) is 46.3 Å². The van der Waals surface area contributed by atoms with Crippen molar-refractivity contribution in [3.63, 3.8) is 0 Å². The van der Waals surface area contributed by atoms with Gasteiger partial charge in [0.05, 0.1) is 21.1 Å². The SMILES string of the molecule is CCN(C(=O)c1ccncc1S(=O)(=O)CC)c1ccc(S(=O)C(F)(F)F)cn1. The predicted octanol–water partition coefficient (Wildman–Crippen LogP) is 2.56. The highest BCUT2D eigenvalue weighted by atomic mass is 32.2. The second kappa shape index (κ2) is 8.35. The van der Waals surface area contributed by atoms with Gasteiger partial charge in [0.2, 0.25) is 0 Å². The predicted molar refractivity (Wildman–Crippen MR) is 96.0 cm³/mol. The number of halogens is 3. The topological polar surface area (TPSA) is 97.3 Å². The molecule has 1 amide bonds. The van der Waals surface area contributed by atoms with Gasteiger partial charge in [-0.15, -0.1) is 0 Å². The van der Waals surface area contributed by atoms with E-state index in [2.05, 4.69) is 9.97 Å². The summed E-state index contributed by atoms with van der Waals surface area (Å²) < 4.78 is 73.4. The van der Waals surface area contributed by atoms with Gasteiger partial charge in [-0.25, -0.2) is 17.6 Å². The molecule has 12 heteroatoms. The van der Waals surface area contributed by atoms with Crippen molar-refractivity contribution >= 4 is 32.4 Å². The number of hydrogen-bond acceptors (Lipinski definition) is 6. The standard InChI is InChI=1S/C16H16F3N3O4S2/c1-3-22(14-6-5-11(9-21-14)27(24)16(17,18)19)15(23)12-7-8-20-10-13(12)28(25,26)4-2/h5-10H,3-4H2,1-2H3. The summed E-state index contributed by atoms with van der Waals surface area (Å²) in [7, 11) is -6.97. The van der Waals surface area contributed by atoms with Crippen molar-refractivity contribution in [2.75, 3.05) is 17.2 Å². The van der Waals surface area contributed by atoms with Crippen molar-refractivity contribution in [2.24, 2.45) is 0 Å².